The van der Waals surface area contributed by atoms with Crippen molar-refractivity contribution in [1.82, 2.24) is 9.97 Å². The van der Waals surface area contributed by atoms with Gasteiger partial charge in [-0.05, 0) is 54.4 Å². The van der Waals surface area contributed by atoms with E-state index in [1.165, 1.54) is 17.2 Å². The van der Waals surface area contributed by atoms with Crippen molar-refractivity contribution in [3.05, 3.63) is 88.5 Å². The van der Waals surface area contributed by atoms with E-state index in [2.05, 4.69) is 9.97 Å². The number of aromatic nitrogens is 2. The molecule has 2 aromatic carbocycles. The molecule has 1 saturated heterocycles. The lowest BCUT2D eigenvalue weighted by Crippen LogP contribution is -2.32. The third-order valence-electron chi connectivity index (χ3n) is 6.44. The van der Waals surface area contributed by atoms with Crippen LogP contribution in [0.2, 0.25) is 5.02 Å². The smallest absolute Gasteiger partial charge is 0.260 e. The Morgan fingerprint density at radius 2 is 2.00 bits per heavy atom. The number of anilines is 2. The van der Waals surface area contributed by atoms with Gasteiger partial charge in [-0.25, -0.2) is 17.8 Å². The van der Waals surface area contributed by atoms with E-state index in [4.69, 9.17) is 22.1 Å². The van der Waals surface area contributed by atoms with E-state index in [9.17, 15) is 17.6 Å². The van der Waals surface area contributed by atoms with Crippen LogP contribution < -0.4 is 10.6 Å². The Labute approximate surface area is 224 Å². The number of nitrogens with two attached hydrogens (primary N) is 1. The first-order valence-corrected chi connectivity index (χ1v) is 14.1. The normalized spacial score (nSPS) is 15.6. The van der Waals surface area contributed by atoms with Crippen molar-refractivity contribution in [2.24, 2.45) is 0 Å². The molecule has 1 atom stereocenters. The van der Waals surface area contributed by atoms with Gasteiger partial charge in [-0.15, -0.1) is 0 Å². The number of rotatable bonds is 6. The predicted molar refractivity (Wildman–Crippen MR) is 144 cm³/mol. The number of amides is 1. The van der Waals surface area contributed by atoms with Gasteiger partial charge in [0.25, 0.3) is 5.91 Å². The summed E-state index contributed by atoms with van der Waals surface area (Å²) in [7, 11) is -3.88. The molecular weight excluding hydrogens is 531 g/mol. The van der Waals surface area contributed by atoms with Crippen molar-refractivity contribution in [2.45, 2.75) is 23.8 Å². The second kappa shape index (κ2) is 10.3. The number of halogens is 2. The molecule has 196 valence electrons. The lowest BCUT2D eigenvalue weighted by molar-refractivity contribution is 0.0984. The standard InChI is InChI=1S/C27H24ClFN4O4S/c1-38(35,36)25-12-20(29)5-7-24(25)33(14-16-2-3-17-11-21(28)26(30)32-23(17)10-16)27(34)18-4-6-22(31-13-18)19-8-9-37-15-19/h2-7,10-13,19H,8-9,14-15H2,1H3,(H2,30,32)/t19-/m0/s1. The van der Waals surface area contributed by atoms with E-state index in [-0.39, 0.29) is 34.4 Å². The molecule has 0 spiro atoms. The summed E-state index contributed by atoms with van der Waals surface area (Å²) in [5, 5.41) is 1.08. The lowest BCUT2D eigenvalue weighted by Gasteiger charge is -2.25. The van der Waals surface area contributed by atoms with Crippen LogP contribution in [0, 0.1) is 5.82 Å². The highest BCUT2D eigenvalue weighted by Crippen LogP contribution is 2.31. The van der Waals surface area contributed by atoms with Crippen molar-refractivity contribution in [3.63, 3.8) is 0 Å². The van der Waals surface area contributed by atoms with Crippen LogP contribution >= 0.6 is 11.6 Å². The SMILES string of the molecule is CS(=O)(=O)c1cc(F)ccc1N(Cc1ccc2cc(Cl)c(N)nc2c1)C(=O)c1ccc([C@H]2CCOC2)nc1. The maximum absolute atomic E-state index is 14.1. The summed E-state index contributed by atoms with van der Waals surface area (Å²) in [5.41, 5.74) is 8.20. The number of benzene rings is 2. The van der Waals surface area contributed by atoms with Crippen LogP contribution in [0.4, 0.5) is 15.9 Å². The van der Waals surface area contributed by atoms with Gasteiger partial charge in [0.2, 0.25) is 0 Å². The molecule has 1 aliphatic rings. The van der Waals surface area contributed by atoms with Gasteiger partial charge in [-0.1, -0.05) is 23.7 Å². The first-order chi connectivity index (χ1) is 18.1. The molecule has 0 aliphatic carbocycles. The zero-order valence-corrected chi connectivity index (χ0v) is 22.0. The number of carbonyl (C=O) groups excluding carboxylic acids is 1. The molecule has 2 N–H and O–H groups in total. The molecule has 2 aromatic heterocycles. The molecule has 8 nitrogen and oxygen atoms in total. The molecule has 0 saturated carbocycles. The molecular formula is C27H24ClFN4O4S. The first-order valence-electron chi connectivity index (χ1n) is 11.8. The maximum atomic E-state index is 14.1. The Bertz CT molecular complexity index is 1640. The van der Waals surface area contributed by atoms with Gasteiger partial charge in [-0.2, -0.15) is 0 Å². The Kier molecular flexibility index (Phi) is 7.04. The number of nitrogens with zero attached hydrogens (tertiary/aromatic N) is 3. The van der Waals surface area contributed by atoms with Crippen LogP contribution in [-0.2, 0) is 21.1 Å². The molecule has 38 heavy (non-hydrogen) atoms. The van der Waals surface area contributed by atoms with Crippen LogP contribution in [0.1, 0.15) is 34.0 Å². The highest BCUT2D eigenvalue weighted by Gasteiger charge is 2.26. The molecule has 5 rings (SSSR count). The average Bonchev–Trinajstić information content (AvgIpc) is 3.43. The zero-order valence-electron chi connectivity index (χ0n) is 20.4. The van der Waals surface area contributed by atoms with Crippen molar-refractivity contribution >= 4 is 49.8 Å². The number of nitrogen functional groups attached to an aromatic ring is 1. The number of carbonyl (C=O) groups is 1. The fourth-order valence-electron chi connectivity index (χ4n) is 4.45. The highest BCUT2D eigenvalue weighted by molar-refractivity contribution is 7.90. The van der Waals surface area contributed by atoms with Crippen LogP contribution in [0.25, 0.3) is 10.9 Å². The number of sulfone groups is 1. The van der Waals surface area contributed by atoms with Gasteiger partial charge in [0.1, 0.15) is 11.6 Å². The summed E-state index contributed by atoms with van der Waals surface area (Å²) < 4.78 is 44.7. The third kappa shape index (κ3) is 5.33. The highest BCUT2D eigenvalue weighted by atomic mass is 35.5. The van der Waals surface area contributed by atoms with Gasteiger partial charge in [0, 0.05) is 36.1 Å². The average molecular weight is 555 g/mol. The van der Waals surface area contributed by atoms with Gasteiger partial charge in [0.15, 0.2) is 9.84 Å². The van der Waals surface area contributed by atoms with Crippen LogP contribution in [0.15, 0.2) is 65.7 Å². The van der Waals surface area contributed by atoms with Crippen molar-refractivity contribution in [3.8, 4) is 0 Å². The number of pyridine rings is 2. The van der Waals surface area contributed by atoms with Crippen molar-refractivity contribution in [1.29, 1.82) is 0 Å². The number of ether oxygens (including phenoxy) is 1. The second-order valence-electron chi connectivity index (χ2n) is 9.19. The maximum Gasteiger partial charge on any atom is 0.260 e. The minimum Gasteiger partial charge on any atom is -0.382 e. The Balaban J connectivity index is 1.57. The fourth-order valence-corrected chi connectivity index (χ4v) is 5.50. The van der Waals surface area contributed by atoms with Crippen molar-refractivity contribution in [2.75, 3.05) is 30.1 Å². The van der Waals surface area contributed by atoms with Crippen LogP contribution in [0.3, 0.4) is 0 Å². The molecule has 0 bridgehead atoms. The summed E-state index contributed by atoms with van der Waals surface area (Å²) >= 11 is 6.09. The number of fused-ring (bicyclic) bond motifs is 1. The predicted octanol–water partition coefficient (Wildman–Crippen LogP) is 4.76. The van der Waals surface area contributed by atoms with E-state index >= 15 is 0 Å². The second-order valence-corrected chi connectivity index (χ2v) is 11.6. The van der Waals surface area contributed by atoms with E-state index in [1.807, 2.05) is 0 Å². The largest absolute Gasteiger partial charge is 0.382 e. The monoisotopic (exact) mass is 554 g/mol. The zero-order chi connectivity index (χ0) is 27.0. The van der Waals surface area contributed by atoms with E-state index in [1.54, 1.807) is 36.4 Å². The number of hydrogen-bond acceptors (Lipinski definition) is 7. The van der Waals surface area contributed by atoms with E-state index in [0.29, 0.717) is 29.3 Å². The summed E-state index contributed by atoms with van der Waals surface area (Å²) in [6, 6.07) is 13.8. The minimum absolute atomic E-state index is 0.0225. The van der Waals surface area contributed by atoms with Gasteiger partial charge in [-0.3, -0.25) is 9.78 Å². The molecule has 4 aromatic rings. The molecule has 3 heterocycles. The minimum atomic E-state index is -3.88. The number of hydrogen-bond donors (Lipinski definition) is 1. The molecule has 1 amide bonds. The van der Waals surface area contributed by atoms with E-state index < -0.39 is 21.6 Å². The Morgan fingerprint density at radius 1 is 1.18 bits per heavy atom. The van der Waals surface area contributed by atoms with Gasteiger partial charge < -0.3 is 15.4 Å². The molecule has 0 radical (unpaired) electrons. The van der Waals surface area contributed by atoms with E-state index in [0.717, 1.165) is 35.9 Å². The fraction of sp³-hybridized carbons (Fsp3) is 0.222. The summed E-state index contributed by atoms with van der Waals surface area (Å²) in [5.74, 6) is -0.892. The first kappa shape index (κ1) is 26.0. The lowest BCUT2D eigenvalue weighted by atomic mass is 10.0. The van der Waals surface area contributed by atoms with Crippen molar-refractivity contribution < 1.29 is 22.3 Å². The molecule has 11 heteroatoms. The third-order valence-corrected chi connectivity index (χ3v) is 7.87. The van der Waals surface area contributed by atoms with Crippen LogP contribution in [-0.4, -0.2) is 43.8 Å². The Hall–Kier alpha value is -3.60. The Morgan fingerprint density at radius 3 is 2.68 bits per heavy atom. The quantitative estimate of drug-likeness (QED) is 0.365. The summed E-state index contributed by atoms with van der Waals surface area (Å²) in [4.78, 5) is 23.6. The molecule has 1 fully saturated rings. The summed E-state index contributed by atoms with van der Waals surface area (Å²) in [6.07, 6.45) is 3.29. The van der Waals surface area contributed by atoms with Gasteiger partial charge in [0.05, 0.1) is 39.8 Å². The van der Waals surface area contributed by atoms with Crippen LogP contribution in [0.5, 0.6) is 0 Å². The molecule has 1 aliphatic heterocycles. The summed E-state index contributed by atoms with van der Waals surface area (Å²) in [6.45, 7) is 1.22. The molecule has 0 unspecified atom stereocenters. The van der Waals surface area contributed by atoms with Gasteiger partial charge >= 0.3 is 0 Å². The topological polar surface area (TPSA) is 115 Å².